The Morgan fingerprint density at radius 3 is 1.91 bits per heavy atom. The van der Waals surface area contributed by atoms with E-state index in [1.807, 2.05) is 0 Å². The Labute approximate surface area is 138 Å². The maximum absolute atomic E-state index is 5.65. The van der Waals surface area contributed by atoms with Gasteiger partial charge in [-0.15, -0.1) is 0 Å². The molecule has 0 saturated carbocycles. The fourth-order valence-corrected chi connectivity index (χ4v) is 2.63. The van der Waals surface area contributed by atoms with Gasteiger partial charge in [0.1, 0.15) is 0 Å². The number of nitrogens with zero attached hydrogens (tertiary/aromatic N) is 2. The normalized spacial score (nSPS) is 18.8. The molecular weight excluding hydrogens is 276 g/mol. The molecule has 22 heavy (non-hydrogen) atoms. The van der Waals surface area contributed by atoms with Crippen molar-refractivity contribution in [2.24, 2.45) is 5.41 Å². The molecule has 0 aromatic rings. The molecule has 0 spiro atoms. The van der Waals surface area contributed by atoms with Gasteiger partial charge in [0.05, 0.1) is 19.8 Å². The monoisotopic (exact) mass is 314 g/mol. The minimum atomic E-state index is 0.245. The predicted octanol–water partition coefficient (Wildman–Crippen LogP) is 2.87. The van der Waals surface area contributed by atoms with E-state index in [1.165, 1.54) is 26.2 Å². The Bertz CT molecular complexity index is 286. The van der Waals surface area contributed by atoms with Crippen LogP contribution >= 0.6 is 0 Å². The maximum atomic E-state index is 5.65. The molecule has 0 aromatic heterocycles. The molecule has 132 valence electrons. The fraction of sp³-hybridized carbons (Fsp3) is 1.00. The van der Waals surface area contributed by atoms with E-state index >= 15 is 0 Å². The van der Waals surface area contributed by atoms with Gasteiger partial charge >= 0.3 is 0 Å². The standard InChI is InChI=1S/C18H38N2O2/c1-17(2,3)16-22-15-14-21-13-7-8-19-9-11-20(12-10-19)18(4,5)6/h7-16H2,1-6H3. The van der Waals surface area contributed by atoms with Crippen molar-refractivity contribution in [1.82, 2.24) is 9.80 Å². The van der Waals surface area contributed by atoms with Gasteiger partial charge in [0.2, 0.25) is 0 Å². The van der Waals surface area contributed by atoms with Crippen molar-refractivity contribution in [3.8, 4) is 0 Å². The summed E-state index contributed by atoms with van der Waals surface area (Å²) in [6.45, 7) is 22.4. The van der Waals surface area contributed by atoms with Crippen LogP contribution < -0.4 is 0 Å². The van der Waals surface area contributed by atoms with Crippen LogP contribution in [0.25, 0.3) is 0 Å². The summed E-state index contributed by atoms with van der Waals surface area (Å²) in [7, 11) is 0. The number of piperazine rings is 1. The lowest BCUT2D eigenvalue weighted by molar-refractivity contribution is 0.0149. The summed E-state index contributed by atoms with van der Waals surface area (Å²) in [5, 5.41) is 0. The SMILES string of the molecule is CC(C)(C)COCCOCCCN1CCN(C(C)(C)C)CC1. The van der Waals surface area contributed by atoms with Crippen molar-refractivity contribution in [2.75, 3.05) is 59.2 Å². The first kappa shape index (κ1) is 19.9. The number of hydrogen-bond acceptors (Lipinski definition) is 4. The Kier molecular flexibility index (Phi) is 8.33. The highest BCUT2D eigenvalue weighted by molar-refractivity contribution is 4.81. The fourth-order valence-electron chi connectivity index (χ4n) is 2.63. The average molecular weight is 315 g/mol. The first-order chi connectivity index (χ1) is 10.2. The first-order valence-electron chi connectivity index (χ1n) is 8.81. The summed E-state index contributed by atoms with van der Waals surface area (Å²) in [5.74, 6) is 0. The molecule has 1 aliphatic heterocycles. The summed E-state index contributed by atoms with van der Waals surface area (Å²) >= 11 is 0. The molecule has 0 aliphatic carbocycles. The second-order valence-corrected chi connectivity index (χ2v) is 8.58. The smallest absolute Gasteiger partial charge is 0.0700 e. The molecule has 1 heterocycles. The molecule has 1 rings (SSSR count). The Morgan fingerprint density at radius 1 is 0.773 bits per heavy atom. The highest BCUT2D eigenvalue weighted by atomic mass is 16.5. The van der Waals surface area contributed by atoms with Crippen molar-refractivity contribution >= 4 is 0 Å². The van der Waals surface area contributed by atoms with Gasteiger partial charge in [-0.3, -0.25) is 4.90 Å². The predicted molar refractivity (Wildman–Crippen MR) is 93.5 cm³/mol. The molecule has 4 heteroatoms. The van der Waals surface area contributed by atoms with Crippen LogP contribution in [0, 0.1) is 5.41 Å². The molecule has 0 amide bonds. The zero-order valence-electron chi connectivity index (χ0n) is 15.8. The maximum Gasteiger partial charge on any atom is 0.0700 e. The third-order valence-corrected chi connectivity index (χ3v) is 3.99. The van der Waals surface area contributed by atoms with E-state index in [4.69, 9.17) is 9.47 Å². The largest absolute Gasteiger partial charge is 0.379 e. The summed E-state index contributed by atoms with van der Waals surface area (Å²) in [6.07, 6.45) is 1.12. The summed E-state index contributed by atoms with van der Waals surface area (Å²) < 4.78 is 11.3. The molecule has 0 aromatic carbocycles. The Morgan fingerprint density at radius 2 is 1.36 bits per heavy atom. The van der Waals surface area contributed by atoms with E-state index in [2.05, 4.69) is 51.3 Å². The first-order valence-corrected chi connectivity index (χ1v) is 8.81. The van der Waals surface area contributed by atoms with Gasteiger partial charge in [0.15, 0.2) is 0 Å². The second-order valence-electron chi connectivity index (χ2n) is 8.58. The van der Waals surface area contributed by atoms with Crippen LogP contribution in [0.3, 0.4) is 0 Å². The van der Waals surface area contributed by atoms with Gasteiger partial charge in [-0.05, 0) is 32.6 Å². The van der Waals surface area contributed by atoms with Crippen molar-refractivity contribution in [3.63, 3.8) is 0 Å². The summed E-state index contributed by atoms with van der Waals surface area (Å²) in [5.41, 5.74) is 0.553. The molecule has 4 nitrogen and oxygen atoms in total. The molecule has 0 bridgehead atoms. The van der Waals surface area contributed by atoms with Gasteiger partial charge in [-0.25, -0.2) is 0 Å². The number of rotatable bonds is 8. The van der Waals surface area contributed by atoms with Crippen molar-refractivity contribution in [3.05, 3.63) is 0 Å². The minimum absolute atomic E-state index is 0.245. The molecule has 0 N–H and O–H groups in total. The van der Waals surface area contributed by atoms with Crippen molar-refractivity contribution in [2.45, 2.75) is 53.5 Å². The summed E-state index contributed by atoms with van der Waals surface area (Å²) in [4.78, 5) is 5.13. The van der Waals surface area contributed by atoms with Crippen LogP contribution in [-0.2, 0) is 9.47 Å². The lowest BCUT2D eigenvalue weighted by Crippen LogP contribution is -2.53. The minimum Gasteiger partial charge on any atom is -0.379 e. The van der Waals surface area contributed by atoms with Crippen LogP contribution in [0.4, 0.5) is 0 Å². The topological polar surface area (TPSA) is 24.9 Å². The highest BCUT2D eigenvalue weighted by Crippen LogP contribution is 2.15. The second kappa shape index (κ2) is 9.21. The van der Waals surface area contributed by atoms with Crippen LogP contribution in [0.5, 0.6) is 0 Å². The van der Waals surface area contributed by atoms with E-state index < -0.39 is 0 Å². The van der Waals surface area contributed by atoms with E-state index in [1.54, 1.807) is 0 Å². The van der Waals surface area contributed by atoms with Crippen molar-refractivity contribution in [1.29, 1.82) is 0 Å². The van der Waals surface area contributed by atoms with Gasteiger partial charge in [-0.1, -0.05) is 20.8 Å². The molecule has 1 saturated heterocycles. The van der Waals surface area contributed by atoms with Crippen LogP contribution in [0.15, 0.2) is 0 Å². The summed E-state index contributed by atoms with van der Waals surface area (Å²) in [6, 6.07) is 0. The molecule has 0 radical (unpaired) electrons. The van der Waals surface area contributed by atoms with Crippen LogP contribution in [0.2, 0.25) is 0 Å². The van der Waals surface area contributed by atoms with Gasteiger partial charge in [-0.2, -0.15) is 0 Å². The zero-order chi connectivity index (χ0) is 16.6. The molecular formula is C18H38N2O2. The Balaban J connectivity index is 1.94. The zero-order valence-corrected chi connectivity index (χ0v) is 15.8. The molecule has 0 unspecified atom stereocenters. The van der Waals surface area contributed by atoms with E-state index in [0.29, 0.717) is 18.8 Å². The quantitative estimate of drug-likeness (QED) is 0.643. The highest BCUT2D eigenvalue weighted by Gasteiger charge is 2.25. The van der Waals surface area contributed by atoms with E-state index in [0.717, 1.165) is 26.2 Å². The van der Waals surface area contributed by atoms with E-state index in [-0.39, 0.29) is 5.41 Å². The van der Waals surface area contributed by atoms with E-state index in [9.17, 15) is 0 Å². The molecule has 1 fully saturated rings. The van der Waals surface area contributed by atoms with Gasteiger partial charge < -0.3 is 14.4 Å². The number of ether oxygens (including phenoxy) is 2. The lowest BCUT2D eigenvalue weighted by atomic mass is 9.99. The number of hydrogen-bond donors (Lipinski definition) is 0. The third kappa shape index (κ3) is 9.09. The van der Waals surface area contributed by atoms with Crippen LogP contribution in [-0.4, -0.2) is 74.5 Å². The third-order valence-electron chi connectivity index (χ3n) is 3.99. The van der Waals surface area contributed by atoms with Crippen LogP contribution in [0.1, 0.15) is 48.0 Å². The van der Waals surface area contributed by atoms with Crippen molar-refractivity contribution < 1.29 is 9.47 Å². The lowest BCUT2D eigenvalue weighted by Gasteiger charge is -2.42. The molecule has 1 aliphatic rings. The average Bonchev–Trinajstić information content (AvgIpc) is 2.40. The molecule has 0 atom stereocenters. The van der Waals surface area contributed by atoms with Gasteiger partial charge in [0.25, 0.3) is 0 Å². The van der Waals surface area contributed by atoms with Gasteiger partial charge in [0, 0.05) is 44.9 Å². The Hall–Kier alpha value is -0.160.